The fourth-order valence-corrected chi connectivity index (χ4v) is 1.43. The number of carboxylic acid groups (broad SMARTS) is 1. The SMILES string of the molecule is N#Cc1ccc(NC(=O)NC(=O)CCCC(=O)O)c(F)c1. The Bertz CT molecular complexity index is 610. The van der Waals surface area contributed by atoms with Gasteiger partial charge in [0.15, 0.2) is 0 Å². The van der Waals surface area contributed by atoms with Crippen molar-refractivity contribution in [2.45, 2.75) is 19.3 Å². The Labute approximate surface area is 119 Å². The Morgan fingerprint density at radius 2 is 2.00 bits per heavy atom. The summed E-state index contributed by atoms with van der Waals surface area (Å²) in [4.78, 5) is 33.0. The number of urea groups is 1. The van der Waals surface area contributed by atoms with Gasteiger partial charge < -0.3 is 10.4 Å². The summed E-state index contributed by atoms with van der Waals surface area (Å²) >= 11 is 0. The summed E-state index contributed by atoms with van der Waals surface area (Å²) in [6.07, 6.45) is -0.214. The molecular formula is C13H12FN3O4. The van der Waals surface area contributed by atoms with Crippen LogP contribution in [0.2, 0.25) is 0 Å². The molecule has 8 heteroatoms. The zero-order valence-corrected chi connectivity index (χ0v) is 10.9. The minimum atomic E-state index is -1.04. The summed E-state index contributed by atoms with van der Waals surface area (Å²) in [6.45, 7) is 0. The minimum Gasteiger partial charge on any atom is -0.481 e. The second-order valence-electron chi connectivity index (χ2n) is 4.06. The van der Waals surface area contributed by atoms with Crippen molar-refractivity contribution in [3.63, 3.8) is 0 Å². The van der Waals surface area contributed by atoms with Crippen molar-refractivity contribution in [3.05, 3.63) is 29.6 Å². The maximum Gasteiger partial charge on any atom is 0.325 e. The number of aliphatic carboxylic acids is 1. The van der Waals surface area contributed by atoms with E-state index < -0.39 is 23.7 Å². The van der Waals surface area contributed by atoms with Gasteiger partial charge in [-0.2, -0.15) is 5.26 Å². The lowest BCUT2D eigenvalue weighted by molar-refractivity contribution is -0.137. The van der Waals surface area contributed by atoms with Gasteiger partial charge >= 0.3 is 12.0 Å². The van der Waals surface area contributed by atoms with Crippen LogP contribution in [0.25, 0.3) is 0 Å². The molecule has 3 N–H and O–H groups in total. The summed E-state index contributed by atoms with van der Waals surface area (Å²) < 4.78 is 13.5. The van der Waals surface area contributed by atoms with Gasteiger partial charge in [0, 0.05) is 12.8 Å². The van der Waals surface area contributed by atoms with Crippen molar-refractivity contribution in [2.75, 3.05) is 5.32 Å². The first-order chi connectivity index (χ1) is 9.92. The number of nitrogens with one attached hydrogen (secondary N) is 2. The number of nitriles is 1. The van der Waals surface area contributed by atoms with Gasteiger partial charge in [-0.05, 0) is 24.6 Å². The Balaban J connectivity index is 2.48. The molecule has 1 rings (SSSR count). The molecular weight excluding hydrogens is 281 g/mol. The highest BCUT2D eigenvalue weighted by Gasteiger charge is 2.11. The number of halogens is 1. The number of benzene rings is 1. The summed E-state index contributed by atoms with van der Waals surface area (Å²) in [5, 5.41) is 21.0. The number of hydrogen-bond acceptors (Lipinski definition) is 4. The lowest BCUT2D eigenvalue weighted by Crippen LogP contribution is -2.34. The molecule has 0 atom stereocenters. The van der Waals surface area contributed by atoms with E-state index in [1.807, 2.05) is 5.32 Å². The second kappa shape index (κ2) is 7.59. The van der Waals surface area contributed by atoms with Crippen LogP contribution in [0.1, 0.15) is 24.8 Å². The van der Waals surface area contributed by atoms with E-state index in [-0.39, 0.29) is 30.5 Å². The molecule has 0 fully saturated rings. The van der Waals surface area contributed by atoms with Crippen LogP contribution in [-0.2, 0) is 9.59 Å². The van der Waals surface area contributed by atoms with Gasteiger partial charge in [-0.1, -0.05) is 0 Å². The average molecular weight is 293 g/mol. The van der Waals surface area contributed by atoms with Crippen molar-refractivity contribution in [1.82, 2.24) is 5.32 Å². The van der Waals surface area contributed by atoms with Gasteiger partial charge in [-0.25, -0.2) is 9.18 Å². The van der Waals surface area contributed by atoms with E-state index in [2.05, 4.69) is 5.32 Å². The zero-order chi connectivity index (χ0) is 15.8. The third-order valence-corrected chi connectivity index (χ3v) is 2.39. The van der Waals surface area contributed by atoms with Gasteiger partial charge in [-0.3, -0.25) is 14.9 Å². The first kappa shape index (κ1) is 16.1. The standard InChI is InChI=1S/C13H12FN3O4/c14-9-6-8(7-15)4-5-10(9)16-13(21)17-11(18)2-1-3-12(19)20/h4-6H,1-3H2,(H,19,20)(H2,16,17,18,21). The molecule has 0 heterocycles. The van der Waals surface area contributed by atoms with Gasteiger partial charge in [0.1, 0.15) is 5.82 Å². The van der Waals surface area contributed by atoms with Crippen molar-refractivity contribution in [1.29, 1.82) is 5.26 Å². The molecule has 7 nitrogen and oxygen atoms in total. The van der Waals surface area contributed by atoms with Crippen LogP contribution in [0.3, 0.4) is 0 Å². The second-order valence-corrected chi connectivity index (χ2v) is 4.06. The van der Waals surface area contributed by atoms with Gasteiger partial charge in [0.05, 0.1) is 17.3 Å². The molecule has 3 amide bonds. The lowest BCUT2D eigenvalue weighted by atomic mass is 10.2. The monoisotopic (exact) mass is 293 g/mol. The van der Waals surface area contributed by atoms with Crippen molar-refractivity contribution in [2.24, 2.45) is 0 Å². The summed E-state index contributed by atoms with van der Waals surface area (Å²) in [5.41, 5.74) is -0.0759. The van der Waals surface area contributed by atoms with E-state index in [4.69, 9.17) is 10.4 Å². The molecule has 110 valence electrons. The van der Waals surface area contributed by atoms with E-state index in [0.717, 1.165) is 6.07 Å². The molecule has 0 saturated carbocycles. The highest BCUT2D eigenvalue weighted by molar-refractivity contribution is 6.01. The van der Waals surface area contributed by atoms with Crippen LogP contribution in [0.15, 0.2) is 18.2 Å². The molecule has 0 aliphatic rings. The van der Waals surface area contributed by atoms with Crippen molar-refractivity contribution in [3.8, 4) is 6.07 Å². The number of anilines is 1. The molecule has 0 aromatic heterocycles. The maximum atomic E-state index is 13.5. The van der Waals surface area contributed by atoms with Crippen molar-refractivity contribution < 1.29 is 23.9 Å². The predicted molar refractivity (Wildman–Crippen MR) is 69.8 cm³/mol. The van der Waals surface area contributed by atoms with Crippen LogP contribution in [-0.4, -0.2) is 23.0 Å². The third kappa shape index (κ3) is 5.69. The first-order valence-corrected chi connectivity index (χ1v) is 5.94. The van der Waals surface area contributed by atoms with Crippen LogP contribution < -0.4 is 10.6 Å². The molecule has 0 bridgehead atoms. The quantitative estimate of drug-likeness (QED) is 0.761. The van der Waals surface area contributed by atoms with Crippen LogP contribution >= 0.6 is 0 Å². The predicted octanol–water partition coefficient (Wildman–Crippen LogP) is 1.60. The first-order valence-electron chi connectivity index (χ1n) is 5.94. The van der Waals surface area contributed by atoms with Crippen LogP contribution in [0.4, 0.5) is 14.9 Å². The Morgan fingerprint density at radius 1 is 1.29 bits per heavy atom. The number of nitrogens with zero attached hydrogens (tertiary/aromatic N) is 1. The van der Waals surface area contributed by atoms with Crippen LogP contribution in [0, 0.1) is 17.1 Å². The summed E-state index contributed by atoms with van der Waals surface area (Å²) in [6, 6.07) is 4.27. The zero-order valence-electron chi connectivity index (χ0n) is 10.9. The van der Waals surface area contributed by atoms with E-state index in [9.17, 15) is 18.8 Å². The van der Waals surface area contributed by atoms with E-state index in [0.29, 0.717) is 0 Å². The molecule has 1 aromatic rings. The topological polar surface area (TPSA) is 119 Å². The Morgan fingerprint density at radius 3 is 2.57 bits per heavy atom. The summed E-state index contributed by atoms with van der Waals surface area (Å²) in [7, 11) is 0. The van der Waals surface area contributed by atoms with Gasteiger partial charge in [0.2, 0.25) is 5.91 Å². The smallest absolute Gasteiger partial charge is 0.325 e. The number of carbonyl (C=O) groups excluding carboxylic acids is 2. The average Bonchev–Trinajstić information content (AvgIpc) is 2.40. The molecule has 0 saturated heterocycles. The largest absolute Gasteiger partial charge is 0.481 e. The van der Waals surface area contributed by atoms with Crippen molar-refractivity contribution >= 4 is 23.6 Å². The molecule has 0 spiro atoms. The number of carboxylic acids is 1. The molecule has 0 aliphatic carbocycles. The molecule has 0 aliphatic heterocycles. The Hall–Kier alpha value is -2.95. The molecule has 0 unspecified atom stereocenters. The summed E-state index contributed by atoms with van der Waals surface area (Å²) in [5.74, 6) is -2.50. The van der Waals surface area contributed by atoms with Gasteiger partial charge in [0.25, 0.3) is 0 Å². The number of imide groups is 1. The lowest BCUT2D eigenvalue weighted by Gasteiger charge is -2.07. The fraction of sp³-hybridized carbons (Fsp3) is 0.231. The maximum absolute atomic E-state index is 13.5. The highest BCUT2D eigenvalue weighted by atomic mass is 19.1. The van der Waals surface area contributed by atoms with E-state index >= 15 is 0 Å². The normalized spacial score (nSPS) is 9.52. The van der Waals surface area contributed by atoms with E-state index in [1.54, 1.807) is 6.07 Å². The number of amides is 3. The van der Waals surface area contributed by atoms with E-state index in [1.165, 1.54) is 12.1 Å². The minimum absolute atomic E-state index is 0.0969. The number of carbonyl (C=O) groups is 3. The Kier molecular flexibility index (Phi) is 5.82. The molecule has 0 radical (unpaired) electrons. The number of rotatable bonds is 5. The molecule has 21 heavy (non-hydrogen) atoms. The van der Waals surface area contributed by atoms with Crippen LogP contribution in [0.5, 0.6) is 0 Å². The highest BCUT2D eigenvalue weighted by Crippen LogP contribution is 2.15. The number of hydrogen-bond donors (Lipinski definition) is 3. The van der Waals surface area contributed by atoms with Gasteiger partial charge in [-0.15, -0.1) is 0 Å². The molecule has 1 aromatic carbocycles. The third-order valence-electron chi connectivity index (χ3n) is 2.39. The fourth-order valence-electron chi connectivity index (χ4n) is 1.43.